The van der Waals surface area contributed by atoms with Crippen LogP contribution in [0.2, 0.25) is 0 Å². The molecule has 0 fully saturated rings. The van der Waals surface area contributed by atoms with Crippen molar-refractivity contribution in [3.05, 3.63) is 60.0 Å². The van der Waals surface area contributed by atoms with Gasteiger partial charge >= 0.3 is 6.03 Å². The predicted molar refractivity (Wildman–Crippen MR) is 81.0 cm³/mol. The molecule has 0 radical (unpaired) electrons. The number of nitrogens with one attached hydrogen (secondary N) is 1. The first-order chi connectivity index (χ1) is 10.6. The lowest BCUT2D eigenvalue weighted by Gasteiger charge is -2.17. The molecular formula is C16H14FN3O2. The monoisotopic (exact) mass is 299 g/mol. The zero-order valence-corrected chi connectivity index (χ0v) is 11.9. The Balaban J connectivity index is 1.68. The van der Waals surface area contributed by atoms with Crippen molar-refractivity contribution in [2.24, 2.45) is 0 Å². The smallest absolute Gasteiger partial charge is 0.321 e. The van der Waals surface area contributed by atoms with Crippen molar-refractivity contribution in [1.82, 2.24) is 10.5 Å². The summed E-state index contributed by atoms with van der Waals surface area (Å²) in [5.74, 6) is -0.341. The number of nitrogens with zero attached hydrogens (tertiary/aromatic N) is 2. The van der Waals surface area contributed by atoms with Gasteiger partial charge in [0.15, 0.2) is 5.58 Å². The van der Waals surface area contributed by atoms with Gasteiger partial charge in [-0.25, -0.2) is 9.18 Å². The molecule has 2 aromatic carbocycles. The molecule has 1 N–H and O–H groups in total. The molecule has 3 aromatic rings. The molecule has 0 saturated carbocycles. The number of urea groups is 1. The Kier molecular flexibility index (Phi) is 3.74. The highest BCUT2D eigenvalue weighted by Gasteiger charge is 2.13. The van der Waals surface area contributed by atoms with Crippen LogP contribution in [0.15, 0.2) is 53.1 Å². The van der Waals surface area contributed by atoms with Crippen LogP contribution in [-0.2, 0) is 6.54 Å². The molecule has 3 rings (SSSR count). The Morgan fingerprint density at radius 1 is 1.23 bits per heavy atom. The number of rotatable bonds is 3. The second-order valence-electron chi connectivity index (χ2n) is 4.82. The normalized spacial score (nSPS) is 10.6. The van der Waals surface area contributed by atoms with Gasteiger partial charge in [-0.15, -0.1) is 0 Å². The van der Waals surface area contributed by atoms with E-state index in [0.29, 0.717) is 17.0 Å². The van der Waals surface area contributed by atoms with Crippen LogP contribution in [0, 0.1) is 5.82 Å². The number of benzene rings is 2. The number of hydrogen-bond acceptors (Lipinski definition) is 3. The van der Waals surface area contributed by atoms with Gasteiger partial charge in [0.25, 0.3) is 0 Å². The molecule has 5 nitrogen and oxygen atoms in total. The van der Waals surface area contributed by atoms with Crippen molar-refractivity contribution in [2.75, 3.05) is 11.9 Å². The Morgan fingerprint density at radius 3 is 2.73 bits per heavy atom. The Hall–Kier alpha value is -2.89. The minimum atomic E-state index is -0.341. The zero-order valence-electron chi connectivity index (χ0n) is 11.9. The van der Waals surface area contributed by atoms with E-state index in [2.05, 4.69) is 10.5 Å². The number of carbonyl (C=O) groups excluding carboxylic acids is 1. The number of aromatic nitrogens is 1. The molecule has 0 aliphatic carbocycles. The fourth-order valence-electron chi connectivity index (χ4n) is 2.13. The SMILES string of the molecule is CN(C(=O)NCc1noc2ccccc12)c1ccc(F)cc1. The van der Waals surface area contributed by atoms with E-state index in [9.17, 15) is 9.18 Å². The third-order valence-corrected chi connectivity index (χ3v) is 3.38. The fourth-order valence-corrected chi connectivity index (χ4v) is 2.13. The van der Waals surface area contributed by atoms with Crippen LogP contribution in [0.3, 0.4) is 0 Å². The summed E-state index contributed by atoms with van der Waals surface area (Å²) in [4.78, 5) is 13.5. The predicted octanol–water partition coefficient (Wildman–Crippen LogP) is 3.31. The van der Waals surface area contributed by atoms with E-state index in [1.807, 2.05) is 24.3 Å². The molecule has 0 saturated heterocycles. The molecule has 1 heterocycles. The van der Waals surface area contributed by atoms with Gasteiger partial charge in [0.05, 0.1) is 6.54 Å². The van der Waals surface area contributed by atoms with Crippen LogP contribution in [0.5, 0.6) is 0 Å². The van der Waals surface area contributed by atoms with Gasteiger partial charge in [0.2, 0.25) is 0 Å². The topological polar surface area (TPSA) is 58.4 Å². The molecule has 0 unspecified atom stereocenters. The fraction of sp³-hybridized carbons (Fsp3) is 0.125. The first kappa shape index (κ1) is 14.1. The molecule has 0 aliphatic rings. The average molecular weight is 299 g/mol. The second kappa shape index (κ2) is 5.85. The number of hydrogen-bond donors (Lipinski definition) is 1. The van der Waals surface area contributed by atoms with E-state index < -0.39 is 0 Å². The quantitative estimate of drug-likeness (QED) is 0.807. The van der Waals surface area contributed by atoms with E-state index in [1.54, 1.807) is 19.2 Å². The Morgan fingerprint density at radius 2 is 1.95 bits per heavy atom. The molecule has 2 amide bonds. The van der Waals surface area contributed by atoms with Gasteiger partial charge in [-0.3, -0.25) is 4.90 Å². The van der Waals surface area contributed by atoms with E-state index in [1.165, 1.54) is 17.0 Å². The number of anilines is 1. The van der Waals surface area contributed by atoms with E-state index in [0.717, 1.165) is 5.39 Å². The minimum Gasteiger partial charge on any atom is -0.356 e. The summed E-state index contributed by atoms with van der Waals surface area (Å²) in [6.45, 7) is 0.251. The van der Waals surface area contributed by atoms with E-state index >= 15 is 0 Å². The van der Waals surface area contributed by atoms with E-state index in [-0.39, 0.29) is 18.4 Å². The van der Waals surface area contributed by atoms with Crippen molar-refractivity contribution in [3.8, 4) is 0 Å². The van der Waals surface area contributed by atoms with Crippen molar-refractivity contribution in [1.29, 1.82) is 0 Å². The summed E-state index contributed by atoms with van der Waals surface area (Å²) < 4.78 is 18.1. The lowest BCUT2D eigenvalue weighted by Crippen LogP contribution is -2.36. The lowest BCUT2D eigenvalue weighted by molar-refractivity contribution is 0.247. The molecule has 0 bridgehead atoms. The first-order valence-electron chi connectivity index (χ1n) is 6.75. The second-order valence-corrected chi connectivity index (χ2v) is 4.82. The molecule has 0 aliphatic heterocycles. The van der Waals surface area contributed by atoms with Gasteiger partial charge in [0.1, 0.15) is 11.5 Å². The van der Waals surface area contributed by atoms with Crippen molar-refractivity contribution < 1.29 is 13.7 Å². The van der Waals surface area contributed by atoms with E-state index in [4.69, 9.17) is 4.52 Å². The Labute approximate surface area is 126 Å². The standard InChI is InChI=1S/C16H14FN3O2/c1-20(12-8-6-11(17)7-9-12)16(21)18-10-14-13-4-2-3-5-15(13)22-19-14/h2-9H,10H2,1H3,(H,18,21). The average Bonchev–Trinajstić information content (AvgIpc) is 2.96. The number of fused-ring (bicyclic) bond motifs is 1. The van der Waals surface area contributed by atoms with Gasteiger partial charge < -0.3 is 9.84 Å². The van der Waals surface area contributed by atoms with Crippen LogP contribution < -0.4 is 10.2 Å². The zero-order chi connectivity index (χ0) is 15.5. The van der Waals surface area contributed by atoms with Crippen LogP contribution >= 0.6 is 0 Å². The molecule has 0 atom stereocenters. The summed E-state index contributed by atoms with van der Waals surface area (Å²) in [7, 11) is 1.61. The molecule has 6 heteroatoms. The number of para-hydroxylation sites is 1. The summed E-state index contributed by atoms with van der Waals surface area (Å²) in [5, 5.41) is 7.58. The third-order valence-electron chi connectivity index (χ3n) is 3.38. The highest BCUT2D eigenvalue weighted by Crippen LogP contribution is 2.18. The lowest BCUT2D eigenvalue weighted by atomic mass is 10.2. The van der Waals surface area contributed by atoms with Gasteiger partial charge in [-0.2, -0.15) is 0 Å². The maximum Gasteiger partial charge on any atom is 0.321 e. The van der Waals surface area contributed by atoms with Crippen LogP contribution in [0.1, 0.15) is 5.69 Å². The maximum absolute atomic E-state index is 12.9. The van der Waals surface area contributed by atoms with Crippen LogP contribution in [0.4, 0.5) is 14.9 Å². The molecule has 0 spiro atoms. The first-order valence-corrected chi connectivity index (χ1v) is 6.75. The molecule has 112 valence electrons. The summed E-state index contributed by atoms with van der Waals surface area (Å²) in [5.41, 5.74) is 1.94. The summed E-state index contributed by atoms with van der Waals surface area (Å²) in [6, 6.07) is 12.8. The summed E-state index contributed by atoms with van der Waals surface area (Å²) >= 11 is 0. The maximum atomic E-state index is 12.9. The van der Waals surface area contributed by atoms with Crippen molar-refractivity contribution in [3.63, 3.8) is 0 Å². The van der Waals surface area contributed by atoms with Gasteiger partial charge in [-0.1, -0.05) is 17.3 Å². The van der Waals surface area contributed by atoms with Crippen LogP contribution in [-0.4, -0.2) is 18.2 Å². The van der Waals surface area contributed by atoms with Crippen molar-refractivity contribution >= 4 is 22.7 Å². The number of amides is 2. The van der Waals surface area contributed by atoms with Gasteiger partial charge in [0, 0.05) is 18.1 Å². The van der Waals surface area contributed by atoms with Crippen molar-refractivity contribution in [2.45, 2.75) is 6.54 Å². The summed E-state index contributed by atoms with van der Waals surface area (Å²) in [6.07, 6.45) is 0. The van der Waals surface area contributed by atoms with Crippen LogP contribution in [0.25, 0.3) is 11.0 Å². The highest BCUT2D eigenvalue weighted by atomic mass is 19.1. The van der Waals surface area contributed by atoms with Gasteiger partial charge in [-0.05, 0) is 36.4 Å². The number of halogens is 1. The minimum absolute atomic E-state index is 0.251. The Bertz CT molecular complexity index is 799. The number of carbonyl (C=O) groups is 1. The third kappa shape index (κ3) is 2.76. The molecule has 22 heavy (non-hydrogen) atoms. The molecular weight excluding hydrogens is 285 g/mol. The molecule has 1 aromatic heterocycles. The highest BCUT2D eigenvalue weighted by molar-refractivity contribution is 5.91. The largest absolute Gasteiger partial charge is 0.356 e.